The van der Waals surface area contributed by atoms with Crippen molar-refractivity contribution in [1.29, 1.82) is 0 Å². The highest BCUT2D eigenvalue weighted by atomic mass is 16.5. The van der Waals surface area contributed by atoms with Gasteiger partial charge in [0.15, 0.2) is 5.69 Å². The predicted octanol–water partition coefficient (Wildman–Crippen LogP) is 3.14. The van der Waals surface area contributed by atoms with Crippen LogP contribution in [0.5, 0.6) is 5.75 Å². The number of benzene rings is 2. The van der Waals surface area contributed by atoms with E-state index in [1.54, 1.807) is 11.8 Å². The molecule has 2 aliphatic heterocycles. The normalized spacial score (nSPS) is 18.2. The molecule has 5 rings (SSSR count). The second kappa shape index (κ2) is 8.86. The fraction of sp³-hybridized carbons (Fsp3) is 0.400. The highest BCUT2D eigenvalue weighted by Crippen LogP contribution is 2.29. The monoisotopic (exact) mass is 447 g/mol. The molecule has 0 saturated carbocycles. The summed E-state index contributed by atoms with van der Waals surface area (Å²) in [7, 11) is 1.65. The molecule has 0 aliphatic carbocycles. The minimum absolute atomic E-state index is 0.0663. The highest BCUT2D eigenvalue weighted by Gasteiger charge is 2.31. The van der Waals surface area contributed by atoms with Crippen molar-refractivity contribution in [2.24, 2.45) is 0 Å². The summed E-state index contributed by atoms with van der Waals surface area (Å²) in [5.74, 6) is 0.741. The molecule has 3 aromatic rings. The Hall–Kier alpha value is -3.39. The second-order valence-corrected chi connectivity index (χ2v) is 8.71. The largest absolute Gasteiger partial charge is 0.497 e. The van der Waals surface area contributed by atoms with Gasteiger partial charge >= 0.3 is 0 Å². The van der Waals surface area contributed by atoms with Crippen LogP contribution < -0.4 is 9.64 Å². The first-order valence-corrected chi connectivity index (χ1v) is 11.3. The van der Waals surface area contributed by atoms with Gasteiger partial charge in [0.05, 0.1) is 26.0 Å². The Balaban J connectivity index is 1.25. The molecule has 8 heteroatoms. The zero-order valence-electron chi connectivity index (χ0n) is 19.3. The Labute approximate surface area is 193 Å². The molecule has 0 bridgehead atoms. The number of methoxy groups -OCH3 is 1. The number of nitrogens with zero attached hydrogens (tertiary/aromatic N) is 5. The summed E-state index contributed by atoms with van der Waals surface area (Å²) in [5, 5.41) is 8.51. The molecule has 1 amide bonds. The summed E-state index contributed by atoms with van der Waals surface area (Å²) >= 11 is 0. The summed E-state index contributed by atoms with van der Waals surface area (Å²) < 4.78 is 13.1. The van der Waals surface area contributed by atoms with E-state index < -0.39 is 0 Å². The molecule has 1 atom stereocenters. The van der Waals surface area contributed by atoms with Gasteiger partial charge in [-0.05, 0) is 48.7 Å². The van der Waals surface area contributed by atoms with Crippen LogP contribution in [0, 0.1) is 13.8 Å². The van der Waals surface area contributed by atoms with Crippen molar-refractivity contribution in [2.45, 2.75) is 33.1 Å². The maximum absolute atomic E-state index is 13.2. The van der Waals surface area contributed by atoms with Crippen LogP contribution in [0.1, 0.15) is 39.0 Å². The number of piperazine rings is 1. The lowest BCUT2D eigenvalue weighted by molar-refractivity contribution is -0.00198. The van der Waals surface area contributed by atoms with Crippen LogP contribution in [0.2, 0.25) is 0 Å². The molecule has 33 heavy (non-hydrogen) atoms. The summed E-state index contributed by atoms with van der Waals surface area (Å²) in [5.41, 5.74) is 5.97. The van der Waals surface area contributed by atoms with E-state index in [1.807, 2.05) is 29.2 Å². The van der Waals surface area contributed by atoms with Crippen LogP contribution in [0.15, 0.2) is 42.5 Å². The zero-order chi connectivity index (χ0) is 22.9. The molecule has 2 aromatic carbocycles. The SMILES string of the molecule is COc1ccc([C@@H]2Cn3nnc(C(=O)N4CCN(c5cc(C)ccc5C)CC4)c3CO2)cc1. The molecule has 172 valence electrons. The van der Waals surface area contributed by atoms with Crippen LogP contribution >= 0.6 is 0 Å². The van der Waals surface area contributed by atoms with Gasteiger partial charge in [-0.2, -0.15) is 0 Å². The van der Waals surface area contributed by atoms with E-state index in [2.05, 4.69) is 47.3 Å². The molecule has 8 nitrogen and oxygen atoms in total. The fourth-order valence-corrected chi connectivity index (χ4v) is 4.56. The first-order chi connectivity index (χ1) is 16.0. The number of carbonyl (C=O) groups is 1. The number of hydrogen-bond acceptors (Lipinski definition) is 6. The smallest absolute Gasteiger partial charge is 0.276 e. The van der Waals surface area contributed by atoms with Crippen LogP contribution in [0.25, 0.3) is 0 Å². The van der Waals surface area contributed by atoms with E-state index in [1.165, 1.54) is 16.8 Å². The van der Waals surface area contributed by atoms with Crippen LogP contribution in [0.4, 0.5) is 5.69 Å². The van der Waals surface area contributed by atoms with Gasteiger partial charge in [0.2, 0.25) is 0 Å². The minimum atomic E-state index is -0.130. The molecule has 0 radical (unpaired) electrons. The summed E-state index contributed by atoms with van der Waals surface area (Å²) in [6.07, 6.45) is -0.130. The van der Waals surface area contributed by atoms with Gasteiger partial charge in [-0.3, -0.25) is 4.79 Å². The Morgan fingerprint density at radius 2 is 1.82 bits per heavy atom. The molecule has 0 N–H and O–H groups in total. The Morgan fingerprint density at radius 1 is 1.06 bits per heavy atom. The van der Waals surface area contributed by atoms with E-state index in [4.69, 9.17) is 9.47 Å². The van der Waals surface area contributed by atoms with Crippen LogP contribution in [-0.4, -0.2) is 59.1 Å². The third-order valence-electron chi connectivity index (χ3n) is 6.56. The molecule has 1 fully saturated rings. The number of carbonyl (C=O) groups excluding carboxylic acids is 1. The quantitative estimate of drug-likeness (QED) is 0.612. The Morgan fingerprint density at radius 3 is 2.55 bits per heavy atom. The maximum atomic E-state index is 13.2. The lowest BCUT2D eigenvalue weighted by Crippen LogP contribution is -2.49. The van der Waals surface area contributed by atoms with Crippen molar-refractivity contribution in [1.82, 2.24) is 19.9 Å². The van der Waals surface area contributed by atoms with Gasteiger partial charge in [0.1, 0.15) is 11.9 Å². The van der Waals surface area contributed by atoms with E-state index in [0.29, 0.717) is 31.9 Å². The highest BCUT2D eigenvalue weighted by molar-refractivity contribution is 5.93. The molecule has 3 heterocycles. The third-order valence-corrected chi connectivity index (χ3v) is 6.56. The first-order valence-electron chi connectivity index (χ1n) is 11.3. The zero-order valence-corrected chi connectivity index (χ0v) is 19.3. The molecule has 0 spiro atoms. The Kier molecular flexibility index (Phi) is 5.76. The van der Waals surface area contributed by atoms with Crippen LogP contribution in [-0.2, 0) is 17.9 Å². The lowest BCUT2D eigenvalue weighted by atomic mass is 10.1. The Bertz CT molecular complexity index is 1150. The number of anilines is 1. The van der Waals surface area contributed by atoms with Gasteiger partial charge in [0, 0.05) is 31.9 Å². The third kappa shape index (κ3) is 4.18. The van der Waals surface area contributed by atoms with E-state index in [9.17, 15) is 4.79 Å². The topological polar surface area (TPSA) is 72.7 Å². The first kappa shape index (κ1) is 21.5. The van der Waals surface area contributed by atoms with Gasteiger partial charge in [0.25, 0.3) is 5.91 Å². The van der Waals surface area contributed by atoms with Crippen molar-refractivity contribution >= 4 is 11.6 Å². The molecular formula is C25H29N5O3. The van der Waals surface area contributed by atoms with Crippen molar-refractivity contribution in [3.63, 3.8) is 0 Å². The van der Waals surface area contributed by atoms with Crippen molar-refractivity contribution in [2.75, 3.05) is 38.2 Å². The summed E-state index contributed by atoms with van der Waals surface area (Å²) in [6, 6.07) is 14.3. The van der Waals surface area contributed by atoms with Crippen molar-refractivity contribution in [3.8, 4) is 5.75 Å². The lowest BCUT2D eigenvalue weighted by Gasteiger charge is -2.36. The summed E-state index contributed by atoms with van der Waals surface area (Å²) in [6.45, 7) is 8.01. The average molecular weight is 448 g/mol. The average Bonchev–Trinajstić information content (AvgIpc) is 3.28. The van der Waals surface area contributed by atoms with Gasteiger partial charge in [-0.25, -0.2) is 4.68 Å². The van der Waals surface area contributed by atoms with Gasteiger partial charge < -0.3 is 19.3 Å². The van der Waals surface area contributed by atoms with E-state index >= 15 is 0 Å². The standard InChI is InChI=1S/C25H29N5O3/c1-17-4-5-18(2)21(14-17)28-10-12-29(13-11-28)25(31)24-22-16-33-23(15-30(22)27-26-24)19-6-8-20(32-3)9-7-19/h4-9,14,23H,10-13,15-16H2,1-3H3/t23-/m0/s1. The fourth-order valence-electron chi connectivity index (χ4n) is 4.56. The molecule has 1 aromatic heterocycles. The van der Waals surface area contributed by atoms with Crippen LogP contribution in [0.3, 0.4) is 0 Å². The van der Waals surface area contributed by atoms with Gasteiger partial charge in [-0.15, -0.1) is 5.10 Å². The molecular weight excluding hydrogens is 418 g/mol. The maximum Gasteiger partial charge on any atom is 0.276 e. The van der Waals surface area contributed by atoms with E-state index in [-0.39, 0.29) is 12.0 Å². The number of ether oxygens (including phenoxy) is 2. The number of fused-ring (bicyclic) bond motifs is 1. The predicted molar refractivity (Wildman–Crippen MR) is 125 cm³/mol. The van der Waals surface area contributed by atoms with Crippen molar-refractivity contribution in [3.05, 3.63) is 70.5 Å². The summed E-state index contributed by atoms with van der Waals surface area (Å²) in [4.78, 5) is 17.5. The molecule has 2 aliphatic rings. The molecule has 1 saturated heterocycles. The molecule has 0 unspecified atom stereocenters. The number of hydrogen-bond donors (Lipinski definition) is 0. The number of aryl methyl sites for hydroxylation is 2. The number of rotatable bonds is 4. The number of aromatic nitrogens is 3. The number of amides is 1. The minimum Gasteiger partial charge on any atom is -0.497 e. The van der Waals surface area contributed by atoms with E-state index in [0.717, 1.165) is 30.1 Å². The van der Waals surface area contributed by atoms with Gasteiger partial charge in [-0.1, -0.05) is 29.5 Å². The van der Waals surface area contributed by atoms with Crippen molar-refractivity contribution < 1.29 is 14.3 Å². The second-order valence-electron chi connectivity index (χ2n) is 8.71.